The second kappa shape index (κ2) is 8.04. The third-order valence-electron chi connectivity index (χ3n) is 5.68. The first-order valence-electron chi connectivity index (χ1n) is 10.2. The van der Waals surface area contributed by atoms with Gasteiger partial charge in [-0.05, 0) is 67.5 Å². The van der Waals surface area contributed by atoms with Gasteiger partial charge in [0, 0.05) is 17.5 Å². The van der Waals surface area contributed by atoms with Gasteiger partial charge < -0.3 is 4.18 Å². The first kappa shape index (κ1) is 22.9. The number of benzene rings is 1. The van der Waals surface area contributed by atoms with Gasteiger partial charge >= 0.3 is 10.1 Å². The molecule has 164 valence electrons. The van der Waals surface area contributed by atoms with Gasteiger partial charge in [-0.25, -0.2) is 4.68 Å². The first-order valence-corrected chi connectivity index (χ1v) is 12.7. The van der Waals surface area contributed by atoms with Crippen LogP contribution in [0, 0.1) is 20.8 Å². The van der Waals surface area contributed by atoms with E-state index >= 15 is 0 Å². The summed E-state index contributed by atoms with van der Waals surface area (Å²) in [6.45, 7) is 11.9. The normalized spacial score (nSPS) is 15.7. The molecule has 1 aliphatic heterocycles. The fraction of sp³-hybridized carbons (Fsp3) is 0.545. The van der Waals surface area contributed by atoms with Crippen molar-refractivity contribution >= 4 is 27.7 Å². The standard InChI is InChI=1S/C22H30N2O4S2/c1-8-11-30(26,27)28-21-17(15(4)23-24(21)7)19(25)16-12-13(2)20-18(14(16)3)22(5,6)9-10-29-20/h12H,8-11H2,1-7H3. The third-order valence-corrected chi connectivity index (χ3v) is 8.22. The highest BCUT2D eigenvalue weighted by molar-refractivity contribution is 7.99. The molecule has 2 aromatic rings. The number of nitrogens with zero attached hydrogens (tertiary/aromatic N) is 2. The van der Waals surface area contributed by atoms with E-state index in [9.17, 15) is 13.2 Å². The minimum absolute atomic E-state index is 0.0191. The van der Waals surface area contributed by atoms with Crippen molar-refractivity contribution in [2.75, 3.05) is 11.5 Å². The van der Waals surface area contributed by atoms with Crippen molar-refractivity contribution in [2.45, 2.75) is 64.7 Å². The smallest absolute Gasteiger partial charge is 0.310 e. The molecular formula is C22H30N2O4S2. The number of fused-ring (bicyclic) bond motifs is 1. The van der Waals surface area contributed by atoms with Crippen LogP contribution in [0.25, 0.3) is 0 Å². The predicted molar refractivity (Wildman–Crippen MR) is 120 cm³/mol. The van der Waals surface area contributed by atoms with Crippen molar-refractivity contribution in [3.63, 3.8) is 0 Å². The Bertz CT molecular complexity index is 1110. The topological polar surface area (TPSA) is 78.3 Å². The zero-order valence-corrected chi connectivity index (χ0v) is 20.4. The highest BCUT2D eigenvalue weighted by Crippen LogP contribution is 2.46. The van der Waals surface area contributed by atoms with E-state index in [1.807, 2.05) is 31.7 Å². The van der Waals surface area contributed by atoms with E-state index < -0.39 is 10.1 Å². The summed E-state index contributed by atoms with van der Waals surface area (Å²) in [4.78, 5) is 14.9. The average molecular weight is 451 g/mol. The summed E-state index contributed by atoms with van der Waals surface area (Å²) in [6.07, 6.45) is 1.47. The Morgan fingerprint density at radius 1 is 1.30 bits per heavy atom. The molecule has 2 heterocycles. The van der Waals surface area contributed by atoms with Gasteiger partial charge in [0.15, 0.2) is 0 Å². The summed E-state index contributed by atoms with van der Waals surface area (Å²) >= 11 is 1.84. The summed E-state index contributed by atoms with van der Waals surface area (Å²) in [7, 11) is -2.21. The fourth-order valence-electron chi connectivity index (χ4n) is 4.20. The number of hydrogen-bond acceptors (Lipinski definition) is 6. The summed E-state index contributed by atoms with van der Waals surface area (Å²) < 4.78 is 31.3. The molecule has 0 saturated carbocycles. The van der Waals surface area contributed by atoms with Crippen molar-refractivity contribution in [1.29, 1.82) is 0 Å². The van der Waals surface area contributed by atoms with Gasteiger partial charge in [-0.1, -0.05) is 20.8 Å². The molecule has 1 aromatic heterocycles. The molecule has 0 N–H and O–H groups in total. The van der Waals surface area contributed by atoms with E-state index in [0.29, 0.717) is 17.7 Å². The average Bonchev–Trinajstić information content (AvgIpc) is 2.89. The zero-order chi connectivity index (χ0) is 22.4. The van der Waals surface area contributed by atoms with Crippen LogP contribution in [-0.2, 0) is 22.6 Å². The summed E-state index contributed by atoms with van der Waals surface area (Å²) in [5.41, 5.74) is 4.44. The maximum atomic E-state index is 13.7. The van der Waals surface area contributed by atoms with Crippen LogP contribution in [0.1, 0.15) is 71.9 Å². The minimum Gasteiger partial charge on any atom is -0.361 e. The molecule has 1 aromatic carbocycles. The molecule has 0 fully saturated rings. The molecule has 0 bridgehead atoms. The van der Waals surface area contributed by atoms with Crippen LogP contribution in [0.15, 0.2) is 11.0 Å². The van der Waals surface area contributed by atoms with Crippen molar-refractivity contribution in [3.05, 3.63) is 39.6 Å². The van der Waals surface area contributed by atoms with E-state index in [0.717, 1.165) is 23.3 Å². The molecule has 0 unspecified atom stereocenters. The van der Waals surface area contributed by atoms with E-state index in [-0.39, 0.29) is 28.4 Å². The molecule has 0 radical (unpaired) electrons. The lowest BCUT2D eigenvalue weighted by Crippen LogP contribution is -2.26. The second-order valence-electron chi connectivity index (χ2n) is 8.62. The molecule has 0 aliphatic carbocycles. The maximum Gasteiger partial charge on any atom is 0.310 e. The summed E-state index contributed by atoms with van der Waals surface area (Å²) in [5, 5.41) is 4.27. The Kier molecular flexibility index (Phi) is 6.13. The number of rotatable bonds is 6. The van der Waals surface area contributed by atoms with Gasteiger partial charge in [-0.2, -0.15) is 13.5 Å². The summed E-state index contributed by atoms with van der Waals surface area (Å²) in [5.74, 6) is 0.668. The van der Waals surface area contributed by atoms with Gasteiger partial charge in [0.2, 0.25) is 11.7 Å². The predicted octanol–water partition coefficient (Wildman–Crippen LogP) is 4.47. The van der Waals surface area contributed by atoms with Crippen LogP contribution >= 0.6 is 11.8 Å². The van der Waals surface area contributed by atoms with Crippen LogP contribution in [0.3, 0.4) is 0 Å². The molecule has 1 aliphatic rings. The molecule has 0 atom stereocenters. The van der Waals surface area contributed by atoms with E-state index in [4.69, 9.17) is 4.18 Å². The number of ketones is 1. The highest BCUT2D eigenvalue weighted by atomic mass is 32.2. The Labute approximate surface area is 183 Å². The molecule has 0 saturated heterocycles. The number of hydrogen-bond donors (Lipinski definition) is 0. The molecular weight excluding hydrogens is 420 g/mol. The van der Waals surface area contributed by atoms with Crippen molar-refractivity contribution < 1.29 is 17.4 Å². The number of thioether (sulfide) groups is 1. The van der Waals surface area contributed by atoms with E-state index in [2.05, 4.69) is 18.9 Å². The Morgan fingerprint density at radius 2 is 1.97 bits per heavy atom. The SMILES string of the molecule is CCCS(=O)(=O)Oc1c(C(=O)c2cc(C)c3c(c2C)C(C)(C)CCS3)c(C)nn1C. The Hall–Kier alpha value is -1.80. The van der Waals surface area contributed by atoms with Crippen molar-refractivity contribution in [3.8, 4) is 5.88 Å². The largest absolute Gasteiger partial charge is 0.361 e. The fourth-order valence-corrected chi connectivity index (χ4v) is 6.89. The van der Waals surface area contributed by atoms with Crippen molar-refractivity contribution in [1.82, 2.24) is 9.78 Å². The molecule has 3 rings (SSSR count). The number of aromatic nitrogens is 2. The van der Waals surface area contributed by atoms with Crippen molar-refractivity contribution in [2.24, 2.45) is 7.05 Å². The number of carbonyl (C=O) groups is 1. The molecule has 0 amide bonds. The lowest BCUT2D eigenvalue weighted by atomic mass is 9.76. The molecule has 30 heavy (non-hydrogen) atoms. The van der Waals surface area contributed by atoms with Crippen LogP contribution in [0.5, 0.6) is 5.88 Å². The first-order chi connectivity index (χ1) is 13.9. The van der Waals surface area contributed by atoms with Gasteiger partial charge in [0.05, 0.1) is 11.4 Å². The van der Waals surface area contributed by atoms with Crippen LogP contribution in [-0.4, -0.2) is 35.5 Å². The van der Waals surface area contributed by atoms with Crippen LogP contribution in [0.2, 0.25) is 0 Å². The second-order valence-corrected chi connectivity index (χ2v) is 11.4. The lowest BCUT2D eigenvalue weighted by molar-refractivity contribution is 0.103. The summed E-state index contributed by atoms with van der Waals surface area (Å²) in [6, 6.07) is 1.92. The quantitative estimate of drug-likeness (QED) is 0.477. The number of carbonyl (C=O) groups excluding carboxylic acids is 1. The molecule has 8 heteroatoms. The molecule has 6 nitrogen and oxygen atoms in total. The molecule has 0 spiro atoms. The third kappa shape index (κ3) is 4.04. The van der Waals surface area contributed by atoms with Gasteiger partial charge in [0.1, 0.15) is 5.56 Å². The Balaban J connectivity index is 2.17. The monoisotopic (exact) mass is 450 g/mol. The lowest BCUT2D eigenvalue weighted by Gasteiger charge is -2.35. The van der Waals surface area contributed by atoms with Gasteiger partial charge in [-0.15, -0.1) is 11.8 Å². The number of aryl methyl sites for hydroxylation is 3. The van der Waals surface area contributed by atoms with Gasteiger partial charge in [-0.3, -0.25) is 4.79 Å². The maximum absolute atomic E-state index is 13.7. The van der Waals surface area contributed by atoms with Crippen LogP contribution < -0.4 is 4.18 Å². The van der Waals surface area contributed by atoms with E-state index in [1.165, 1.54) is 15.1 Å². The Morgan fingerprint density at radius 3 is 2.60 bits per heavy atom. The minimum atomic E-state index is -3.80. The highest BCUT2D eigenvalue weighted by Gasteiger charge is 2.34. The zero-order valence-electron chi connectivity index (χ0n) is 18.7. The van der Waals surface area contributed by atoms with Gasteiger partial charge in [0.25, 0.3) is 0 Å². The van der Waals surface area contributed by atoms with E-state index in [1.54, 1.807) is 20.9 Å². The van der Waals surface area contributed by atoms with Crippen LogP contribution in [0.4, 0.5) is 0 Å².